The van der Waals surface area contributed by atoms with Gasteiger partial charge in [-0.3, -0.25) is 4.79 Å². The molecule has 0 aromatic heterocycles. The monoisotopic (exact) mass is 209 g/mol. The second-order valence-electron chi connectivity index (χ2n) is 3.48. The summed E-state index contributed by atoms with van der Waals surface area (Å²) in [6.45, 7) is 4.18. The van der Waals surface area contributed by atoms with Crippen molar-refractivity contribution in [2.75, 3.05) is 13.6 Å². The average Bonchev–Trinajstić information content (AvgIpc) is 2.21. The SMILES string of the molecule is CCN(C)C(=O)c1cc(O)c(O)cc1C. The number of carbonyl (C=O) groups is 1. The Morgan fingerprint density at radius 2 is 1.87 bits per heavy atom. The summed E-state index contributed by atoms with van der Waals surface area (Å²) >= 11 is 0. The molecule has 0 fully saturated rings. The topological polar surface area (TPSA) is 60.8 Å². The number of nitrogens with zero attached hydrogens (tertiary/aromatic N) is 1. The summed E-state index contributed by atoms with van der Waals surface area (Å²) in [7, 11) is 1.69. The maximum absolute atomic E-state index is 11.8. The summed E-state index contributed by atoms with van der Waals surface area (Å²) in [4.78, 5) is 13.3. The number of carbonyl (C=O) groups excluding carboxylic acids is 1. The Labute approximate surface area is 88.8 Å². The Balaban J connectivity index is 3.15. The van der Waals surface area contributed by atoms with E-state index in [0.29, 0.717) is 17.7 Å². The number of phenolic OH excluding ortho intramolecular Hbond substituents is 2. The van der Waals surface area contributed by atoms with Crippen LogP contribution < -0.4 is 0 Å². The van der Waals surface area contributed by atoms with E-state index in [1.54, 1.807) is 18.9 Å². The lowest BCUT2D eigenvalue weighted by atomic mass is 10.1. The summed E-state index contributed by atoms with van der Waals surface area (Å²) in [5.74, 6) is -0.637. The van der Waals surface area contributed by atoms with E-state index in [2.05, 4.69) is 0 Å². The molecule has 4 nitrogen and oxygen atoms in total. The Morgan fingerprint density at radius 1 is 1.33 bits per heavy atom. The molecule has 1 aromatic rings. The molecule has 0 atom stereocenters. The maximum Gasteiger partial charge on any atom is 0.253 e. The van der Waals surface area contributed by atoms with Gasteiger partial charge in [0, 0.05) is 19.2 Å². The first-order chi connectivity index (χ1) is 6.97. The zero-order valence-corrected chi connectivity index (χ0v) is 9.11. The molecule has 0 aliphatic rings. The van der Waals surface area contributed by atoms with Crippen LogP contribution in [0.1, 0.15) is 22.8 Å². The molecule has 1 rings (SSSR count). The van der Waals surface area contributed by atoms with Crippen LogP contribution in [0.2, 0.25) is 0 Å². The smallest absolute Gasteiger partial charge is 0.253 e. The minimum Gasteiger partial charge on any atom is -0.504 e. The highest BCUT2D eigenvalue weighted by Gasteiger charge is 2.15. The van der Waals surface area contributed by atoms with Gasteiger partial charge in [-0.15, -0.1) is 0 Å². The molecule has 1 amide bonds. The first-order valence-corrected chi connectivity index (χ1v) is 4.75. The third kappa shape index (κ3) is 2.21. The van der Waals surface area contributed by atoms with E-state index in [1.165, 1.54) is 12.1 Å². The molecule has 0 heterocycles. The lowest BCUT2D eigenvalue weighted by Gasteiger charge is -2.16. The molecule has 0 saturated heterocycles. The zero-order valence-electron chi connectivity index (χ0n) is 9.11. The molecular formula is C11H15NO3. The number of phenols is 2. The predicted molar refractivity (Wildman–Crippen MR) is 57.1 cm³/mol. The van der Waals surface area contributed by atoms with E-state index in [0.717, 1.165) is 0 Å². The molecule has 2 N–H and O–H groups in total. The molecule has 1 aromatic carbocycles. The zero-order chi connectivity index (χ0) is 11.6. The van der Waals surface area contributed by atoms with Gasteiger partial charge in [0.1, 0.15) is 0 Å². The normalized spacial score (nSPS) is 10.1. The number of aromatic hydroxyl groups is 2. The number of amides is 1. The highest BCUT2D eigenvalue weighted by molar-refractivity contribution is 5.96. The molecule has 0 aliphatic heterocycles. The molecule has 0 saturated carbocycles. The Hall–Kier alpha value is -1.71. The Kier molecular flexibility index (Phi) is 3.19. The Bertz CT molecular complexity index is 388. The van der Waals surface area contributed by atoms with Crippen molar-refractivity contribution in [1.82, 2.24) is 4.90 Å². The third-order valence-corrected chi connectivity index (χ3v) is 2.37. The second kappa shape index (κ2) is 4.21. The van der Waals surface area contributed by atoms with Gasteiger partial charge >= 0.3 is 0 Å². The minimum atomic E-state index is -0.270. The van der Waals surface area contributed by atoms with Crippen molar-refractivity contribution in [2.24, 2.45) is 0 Å². The van der Waals surface area contributed by atoms with Crippen molar-refractivity contribution in [2.45, 2.75) is 13.8 Å². The van der Waals surface area contributed by atoms with Crippen molar-refractivity contribution in [3.05, 3.63) is 23.3 Å². The predicted octanol–water partition coefficient (Wildman–Crippen LogP) is 1.50. The van der Waals surface area contributed by atoms with E-state index >= 15 is 0 Å². The van der Waals surface area contributed by atoms with Crippen LogP contribution in [0.4, 0.5) is 0 Å². The maximum atomic E-state index is 11.8. The lowest BCUT2D eigenvalue weighted by molar-refractivity contribution is 0.0801. The van der Waals surface area contributed by atoms with Gasteiger partial charge in [-0.05, 0) is 31.5 Å². The largest absolute Gasteiger partial charge is 0.504 e. The van der Waals surface area contributed by atoms with Crippen LogP contribution >= 0.6 is 0 Å². The molecule has 0 spiro atoms. The highest BCUT2D eigenvalue weighted by Crippen LogP contribution is 2.28. The van der Waals surface area contributed by atoms with Crippen LogP contribution in [0, 0.1) is 6.92 Å². The van der Waals surface area contributed by atoms with Gasteiger partial charge in [-0.25, -0.2) is 0 Å². The van der Waals surface area contributed by atoms with Crippen molar-refractivity contribution >= 4 is 5.91 Å². The molecule has 0 radical (unpaired) electrons. The molecule has 0 bridgehead atoms. The number of hydrogen-bond donors (Lipinski definition) is 2. The van der Waals surface area contributed by atoms with Crippen LogP contribution in [0.5, 0.6) is 11.5 Å². The van der Waals surface area contributed by atoms with E-state index in [1.807, 2.05) is 6.92 Å². The van der Waals surface area contributed by atoms with Gasteiger partial charge in [0.25, 0.3) is 5.91 Å². The van der Waals surface area contributed by atoms with E-state index in [9.17, 15) is 15.0 Å². The van der Waals surface area contributed by atoms with Gasteiger partial charge in [-0.2, -0.15) is 0 Å². The molecule has 15 heavy (non-hydrogen) atoms. The number of benzene rings is 1. The summed E-state index contributed by atoms with van der Waals surface area (Å²) in [6, 6.07) is 2.67. The van der Waals surface area contributed by atoms with E-state index in [4.69, 9.17) is 0 Å². The van der Waals surface area contributed by atoms with Gasteiger partial charge in [0.05, 0.1) is 0 Å². The summed E-state index contributed by atoms with van der Waals surface area (Å²) in [5, 5.41) is 18.5. The third-order valence-electron chi connectivity index (χ3n) is 2.37. The van der Waals surface area contributed by atoms with Crippen LogP contribution in [0.3, 0.4) is 0 Å². The van der Waals surface area contributed by atoms with Crippen LogP contribution in [0.15, 0.2) is 12.1 Å². The first kappa shape index (κ1) is 11.4. The van der Waals surface area contributed by atoms with Gasteiger partial charge < -0.3 is 15.1 Å². The van der Waals surface area contributed by atoms with Crippen LogP contribution in [0.25, 0.3) is 0 Å². The average molecular weight is 209 g/mol. The molecule has 82 valence electrons. The fourth-order valence-corrected chi connectivity index (χ4v) is 1.26. The van der Waals surface area contributed by atoms with Crippen LogP contribution in [-0.4, -0.2) is 34.6 Å². The van der Waals surface area contributed by atoms with E-state index < -0.39 is 0 Å². The van der Waals surface area contributed by atoms with Crippen molar-refractivity contribution in [3.63, 3.8) is 0 Å². The van der Waals surface area contributed by atoms with Crippen molar-refractivity contribution in [1.29, 1.82) is 0 Å². The fourth-order valence-electron chi connectivity index (χ4n) is 1.26. The lowest BCUT2D eigenvalue weighted by Crippen LogP contribution is -2.26. The standard InChI is InChI=1S/C11H15NO3/c1-4-12(3)11(15)8-6-10(14)9(13)5-7(8)2/h5-6,13-14H,4H2,1-3H3. The minimum absolute atomic E-state index is 0.162. The van der Waals surface area contributed by atoms with Gasteiger partial charge in [0.2, 0.25) is 0 Å². The summed E-state index contributed by atoms with van der Waals surface area (Å²) < 4.78 is 0. The quantitative estimate of drug-likeness (QED) is 0.725. The summed E-state index contributed by atoms with van der Waals surface area (Å²) in [6.07, 6.45) is 0. The highest BCUT2D eigenvalue weighted by atomic mass is 16.3. The van der Waals surface area contributed by atoms with Crippen LogP contribution in [-0.2, 0) is 0 Å². The molecule has 0 aliphatic carbocycles. The fraction of sp³-hybridized carbons (Fsp3) is 0.364. The van der Waals surface area contributed by atoms with Crippen molar-refractivity contribution in [3.8, 4) is 11.5 Å². The van der Waals surface area contributed by atoms with Crippen molar-refractivity contribution < 1.29 is 15.0 Å². The number of hydrogen-bond acceptors (Lipinski definition) is 3. The molecular weight excluding hydrogens is 194 g/mol. The molecule has 0 unspecified atom stereocenters. The summed E-state index contributed by atoms with van der Waals surface area (Å²) in [5.41, 5.74) is 1.06. The second-order valence-corrected chi connectivity index (χ2v) is 3.48. The van der Waals surface area contributed by atoms with E-state index in [-0.39, 0.29) is 17.4 Å². The van der Waals surface area contributed by atoms with Gasteiger partial charge in [0.15, 0.2) is 11.5 Å². The number of rotatable bonds is 2. The Morgan fingerprint density at radius 3 is 2.40 bits per heavy atom. The first-order valence-electron chi connectivity index (χ1n) is 4.75. The number of aryl methyl sites for hydroxylation is 1. The van der Waals surface area contributed by atoms with Gasteiger partial charge in [-0.1, -0.05) is 0 Å². The molecule has 4 heteroatoms.